The van der Waals surface area contributed by atoms with Gasteiger partial charge >= 0.3 is 0 Å². The summed E-state index contributed by atoms with van der Waals surface area (Å²) >= 11 is 1.42. The molecule has 4 nitrogen and oxygen atoms in total. The second kappa shape index (κ2) is 4.06. The van der Waals surface area contributed by atoms with Crippen LogP contribution in [0, 0.1) is 0 Å². The van der Waals surface area contributed by atoms with Crippen molar-refractivity contribution in [3.05, 3.63) is 11.8 Å². The minimum atomic E-state index is 0.278. The number of hydrogen-bond acceptors (Lipinski definition) is 5. The Morgan fingerprint density at radius 1 is 1.75 bits per heavy atom. The summed E-state index contributed by atoms with van der Waals surface area (Å²) in [4.78, 5) is 18.1. The van der Waals surface area contributed by atoms with Crippen LogP contribution < -0.4 is 5.73 Å². The Kier molecular flexibility index (Phi) is 3.04. The van der Waals surface area contributed by atoms with E-state index in [-0.39, 0.29) is 6.42 Å². The highest BCUT2D eigenvalue weighted by molar-refractivity contribution is 7.98. The van der Waals surface area contributed by atoms with Crippen molar-refractivity contribution in [2.45, 2.75) is 11.6 Å². The van der Waals surface area contributed by atoms with Crippen molar-refractivity contribution >= 4 is 23.9 Å². The normalized spacial score (nSPS) is 9.75. The number of aromatic nitrogens is 2. The first-order chi connectivity index (χ1) is 5.77. The predicted octanol–water partition coefficient (Wildman–Crippen LogP) is 0.522. The second-order valence-electron chi connectivity index (χ2n) is 2.14. The summed E-state index contributed by atoms with van der Waals surface area (Å²) in [5, 5.41) is 0.627. The maximum absolute atomic E-state index is 10.2. The number of carbonyl (C=O) groups is 1. The van der Waals surface area contributed by atoms with E-state index in [1.807, 2.05) is 6.26 Å². The lowest BCUT2D eigenvalue weighted by atomic mass is 10.2. The third-order valence-corrected chi connectivity index (χ3v) is 1.92. The van der Waals surface area contributed by atoms with Crippen molar-refractivity contribution in [3.63, 3.8) is 0 Å². The molecule has 0 bridgehead atoms. The Balaban J connectivity index is 2.94. The van der Waals surface area contributed by atoms with Gasteiger partial charge in [0.25, 0.3) is 0 Å². The molecule has 0 unspecified atom stereocenters. The molecule has 1 rings (SSSR count). The number of nitrogen functional groups attached to an aromatic ring is 1. The van der Waals surface area contributed by atoms with E-state index in [1.54, 1.807) is 6.20 Å². The third-order valence-electron chi connectivity index (χ3n) is 1.36. The Hall–Kier alpha value is -1.10. The zero-order valence-corrected chi connectivity index (χ0v) is 7.47. The lowest BCUT2D eigenvalue weighted by molar-refractivity contribution is -0.107. The summed E-state index contributed by atoms with van der Waals surface area (Å²) in [5.74, 6) is 0.390. The standard InChI is InChI=1S/C7H9N3OS/c1-12-7-9-4-5(2-3-11)6(8)10-7/h3-4H,2H2,1H3,(H2,8,9,10). The molecule has 0 amide bonds. The van der Waals surface area contributed by atoms with Crippen molar-refractivity contribution in [2.75, 3.05) is 12.0 Å². The summed E-state index contributed by atoms with van der Waals surface area (Å²) in [7, 11) is 0. The predicted molar refractivity (Wildman–Crippen MR) is 48.0 cm³/mol. The molecular formula is C7H9N3OS. The SMILES string of the molecule is CSc1ncc(CC=O)c(N)n1. The van der Waals surface area contributed by atoms with Crippen molar-refractivity contribution in [1.82, 2.24) is 9.97 Å². The van der Waals surface area contributed by atoms with Gasteiger partial charge in [0.15, 0.2) is 5.16 Å². The van der Waals surface area contributed by atoms with Crippen LogP contribution in [0.15, 0.2) is 11.4 Å². The van der Waals surface area contributed by atoms with E-state index >= 15 is 0 Å². The Morgan fingerprint density at radius 3 is 3.00 bits per heavy atom. The monoisotopic (exact) mass is 183 g/mol. The number of rotatable bonds is 3. The minimum absolute atomic E-state index is 0.278. The van der Waals surface area contributed by atoms with Crippen LogP contribution in [0.3, 0.4) is 0 Å². The Morgan fingerprint density at radius 2 is 2.50 bits per heavy atom. The van der Waals surface area contributed by atoms with Gasteiger partial charge in [0.2, 0.25) is 0 Å². The highest BCUT2D eigenvalue weighted by Crippen LogP contribution is 2.13. The lowest BCUT2D eigenvalue weighted by Gasteiger charge is -2.00. The molecule has 12 heavy (non-hydrogen) atoms. The molecule has 0 atom stereocenters. The minimum Gasteiger partial charge on any atom is -0.383 e. The van der Waals surface area contributed by atoms with Crippen LogP contribution >= 0.6 is 11.8 Å². The van der Waals surface area contributed by atoms with Gasteiger partial charge in [-0.05, 0) is 6.26 Å². The molecule has 64 valence electrons. The average Bonchev–Trinajstić information content (AvgIpc) is 2.09. The fourth-order valence-electron chi connectivity index (χ4n) is 0.748. The fraction of sp³-hybridized carbons (Fsp3) is 0.286. The van der Waals surface area contributed by atoms with Gasteiger partial charge in [-0.2, -0.15) is 0 Å². The number of nitrogens with zero attached hydrogens (tertiary/aromatic N) is 2. The van der Waals surface area contributed by atoms with Crippen molar-refractivity contribution in [3.8, 4) is 0 Å². The molecule has 2 N–H and O–H groups in total. The van der Waals surface area contributed by atoms with E-state index in [1.165, 1.54) is 11.8 Å². The molecule has 0 aliphatic carbocycles. The molecule has 0 aliphatic heterocycles. The Labute approximate surface area is 74.6 Å². The molecular weight excluding hydrogens is 174 g/mol. The van der Waals surface area contributed by atoms with Gasteiger partial charge in [0.05, 0.1) is 0 Å². The van der Waals surface area contributed by atoms with Crippen LogP contribution in [0.1, 0.15) is 5.56 Å². The average molecular weight is 183 g/mol. The van der Waals surface area contributed by atoms with Gasteiger partial charge in [-0.25, -0.2) is 9.97 Å². The number of aldehydes is 1. The molecule has 1 aromatic heterocycles. The molecule has 0 radical (unpaired) electrons. The molecule has 1 aromatic rings. The quantitative estimate of drug-likeness (QED) is 0.420. The van der Waals surface area contributed by atoms with Gasteiger partial charge in [-0.15, -0.1) is 0 Å². The van der Waals surface area contributed by atoms with E-state index in [2.05, 4.69) is 9.97 Å². The van der Waals surface area contributed by atoms with Gasteiger partial charge in [-0.1, -0.05) is 11.8 Å². The van der Waals surface area contributed by atoms with E-state index in [0.717, 1.165) is 6.29 Å². The first kappa shape index (κ1) is 8.99. The van der Waals surface area contributed by atoms with Gasteiger partial charge in [0, 0.05) is 18.2 Å². The zero-order valence-electron chi connectivity index (χ0n) is 6.65. The third kappa shape index (κ3) is 1.94. The zero-order chi connectivity index (χ0) is 8.97. The summed E-state index contributed by atoms with van der Waals surface area (Å²) in [5.41, 5.74) is 6.24. The molecule has 0 fully saturated rings. The smallest absolute Gasteiger partial charge is 0.189 e. The van der Waals surface area contributed by atoms with E-state index in [0.29, 0.717) is 16.5 Å². The molecule has 5 heteroatoms. The van der Waals surface area contributed by atoms with E-state index in [9.17, 15) is 4.79 Å². The molecule has 0 spiro atoms. The van der Waals surface area contributed by atoms with E-state index in [4.69, 9.17) is 5.73 Å². The van der Waals surface area contributed by atoms with Crippen LogP contribution in [0.25, 0.3) is 0 Å². The van der Waals surface area contributed by atoms with Crippen molar-refractivity contribution in [2.24, 2.45) is 0 Å². The van der Waals surface area contributed by atoms with Crippen molar-refractivity contribution in [1.29, 1.82) is 0 Å². The number of carbonyl (C=O) groups excluding carboxylic acids is 1. The first-order valence-electron chi connectivity index (χ1n) is 3.37. The number of nitrogens with two attached hydrogens (primary N) is 1. The topological polar surface area (TPSA) is 68.9 Å². The molecule has 0 aliphatic rings. The second-order valence-corrected chi connectivity index (χ2v) is 2.91. The highest BCUT2D eigenvalue weighted by Gasteiger charge is 2.01. The van der Waals surface area contributed by atoms with Gasteiger partial charge in [0.1, 0.15) is 12.1 Å². The van der Waals surface area contributed by atoms with Crippen LogP contribution in [0.5, 0.6) is 0 Å². The summed E-state index contributed by atoms with van der Waals surface area (Å²) in [6.07, 6.45) is 4.52. The summed E-state index contributed by atoms with van der Waals surface area (Å²) in [6, 6.07) is 0. The molecule has 0 aromatic carbocycles. The van der Waals surface area contributed by atoms with Gasteiger partial charge < -0.3 is 10.5 Å². The lowest BCUT2D eigenvalue weighted by Crippen LogP contribution is -2.01. The van der Waals surface area contributed by atoms with Crippen molar-refractivity contribution < 1.29 is 4.79 Å². The molecule has 0 saturated heterocycles. The van der Waals surface area contributed by atoms with Crippen LogP contribution in [0.2, 0.25) is 0 Å². The number of anilines is 1. The number of thioether (sulfide) groups is 1. The molecule has 0 saturated carbocycles. The van der Waals surface area contributed by atoms with Gasteiger partial charge in [-0.3, -0.25) is 0 Å². The first-order valence-corrected chi connectivity index (χ1v) is 4.59. The fourth-order valence-corrected chi connectivity index (χ4v) is 1.10. The molecule has 1 heterocycles. The van der Waals surface area contributed by atoms with E-state index < -0.39 is 0 Å². The highest BCUT2D eigenvalue weighted by atomic mass is 32.2. The van der Waals surface area contributed by atoms with Crippen LogP contribution in [-0.2, 0) is 11.2 Å². The Bertz CT molecular complexity index is 290. The maximum Gasteiger partial charge on any atom is 0.189 e. The summed E-state index contributed by atoms with van der Waals surface area (Å²) in [6.45, 7) is 0. The summed E-state index contributed by atoms with van der Waals surface area (Å²) < 4.78 is 0. The van der Waals surface area contributed by atoms with Crippen LogP contribution in [0.4, 0.5) is 5.82 Å². The largest absolute Gasteiger partial charge is 0.383 e. The van der Waals surface area contributed by atoms with Crippen LogP contribution in [-0.4, -0.2) is 22.5 Å². The number of hydrogen-bond donors (Lipinski definition) is 1. The maximum atomic E-state index is 10.2.